The number of hydrogen-bond donors (Lipinski definition) is 2. The van der Waals surface area contributed by atoms with Crippen molar-refractivity contribution < 1.29 is 9.72 Å². The molecule has 2 aromatic rings. The highest BCUT2D eigenvalue weighted by atomic mass is 16.6. The number of nitro groups is 1. The molecule has 0 spiro atoms. The van der Waals surface area contributed by atoms with Gasteiger partial charge in [0.1, 0.15) is 17.8 Å². The third-order valence-electron chi connectivity index (χ3n) is 4.73. The van der Waals surface area contributed by atoms with Gasteiger partial charge in [0.25, 0.3) is 5.69 Å². The second-order valence-electron chi connectivity index (χ2n) is 6.64. The molecular formula is C18H22N6O3. The molecule has 1 unspecified atom stereocenters. The quantitative estimate of drug-likeness (QED) is 0.588. The Balaban J connectivity index is 1.74. The molecule has 0 radical (unpaired) electrons. The van der Waals surface area contributed by atoms with Crippen molar-refractivity contribution >= 4 is 23.2 Å². The Bertz CT molecular complexity index is 857. The number of carbonyl (C=O) groups is 1. The Morgan fingerprint density at radius 3 is 3.00 bits per heavy atom. The van der Waals surface area contributed by atoms with Gasteiger partial charge in [0.15, 0.2) is 0 Å². The van der Waals surface area contributed by atoms with Gasteiger partial charge in [0, 0.05) is 37.0 Å². The second-order valence-corrected chi connectivity index (χ2v) is 6.64. The Morgan fingerprint density at radius 1 is 1.48 bits per heavy atom. The van der Waals surface area contributed by atoms with E-state index in [0.717, 1.165) is 30.8 Å². The van der Waals surface area contributed by atoms with Crippen molar-refractivity contribution in [3.8, 4) is 0 Å². The maximum atomic E-state index is 11.5. The number of rotatable bonds is 6. The number of nitrogens with one attached hydrogen (secondary N) is 1. The predicted molar refractivity (Wildman–Crippen MR) is 101 cm³/mol. The third kappa shape index (κ3) is 4.30. The first-order valence-electron chi connectivity index (χ1n) is 8.78. The zero-order valence-corrected chi connectivity index (χ0v) is 15.1. The molecule has 9 nitrogen and oxygen atoms in total. The van der Waals surface area contributed by atoms with Gasteiger partial charge in [-0.05, 0) is 31.9 Å². The van der Waals surface area contributed by atoms with Gasteiger partial charge in [0.2, 0.25) is 5.91 Å². The monoisotopic (exact) mass is 370 g/mol. The van der Waals surface area contributed by atoms with Crippen LogP contribution in [0.15, 0.2) is 30.6 Å². The number of anilines is 2. The topological polar surface area (TPSA) is 127 Å². The van der Waals surface area contributed by atoms with E-state index in [1.54, 1.807) is 19.2 Å². The van der Waals surface area contributed by atoms with Crippen molar-refractivity contribution in [2.24, 2.45) is 11.7 Å². The fourth-order valence-electron chi connectivity index (χ4n) is 3.28. The summed E-state index contributed by atoms with van der Waals surface area (Å²) in [5.74, 6) is 0.928. The predicted octanol–water partition coefficient (Wildman–Crippen LogP) is 2.01. The van der Waals surface area contributed by atoms with E-state index in [0.29, 0.717) is 24.5 Å². The Hall–Kier alpha value is -3.23. The molecule has 1 aliphatic heterocycles. The summed E-state index contributed by atoms with van der Waals surface area (Å²) >= 11 is 0. The molecule has 2 aromatic heterocycles. The number of nitrogens with zero attached hydrogens (tertiary/aromatic N) is 4. The molecule has 1 amide bonds. The smallest absolute Gasteiger partial charge is 0.290 e. The van der Waals surface area contributed by atoms with E-state index in [4.69, 9.17) is 5.73 Å². The molecule has 1 saturated heterocycles. The van der Waals surface area contributed by atoms with Gasteiger partial charge in [-0.25, -0.2) is 9.97 Å². The van der Waals surface area contributed by atoms with E-state index in [1.165, 1.54) is 6.20 Å². The second kappa shape index (κ2) is 7.98. The van der Waals surface area contributed by atoms with Gasteiger partial charge in [-0.1, -0.05) is 6.07 Å². The van der Waals surface area contributed by atoms with Crippen LogP contribution in [0.25, 0.3) is 0 Å². The van der Waals surface area contributed by atoms with Crippen LogP contribution in [-0.4, -0.2) is 33.9 Å². The standard InChI is InChI=1S/C18H22N6O3/c1-12-8-16(22-10-15(12)24(26)27)21-9-13-4-2-6-20-18(13)23-7-3-5-14(11-23)17(19)25/h2,4,6,8,10,14H,3,5,7,9,11H2,1H3,(H2,19,25)(H,21,22). The van der Waals surface area contributed by atoms with Gasteiger partial charge in [0.05, 0.1) is 10.8 Å². The van der Waals surface area contributed by atoms with E-state index in [2.05, 4.69) is 20.2 Å². The highest BCUT2D eigenvalue weighted by Gasteiger charge is 2.26. The summed E-state index contributed by atoms with van der Waals surface area (Å²) in [7, 11) is 0. The van der Waals surface area contributed by atoms with Crippen molar-refractivity contribution in [3.05, 3.63) is 51.8 Å². The molecule has 3 heterocycles. The summed E-state index contributed by atoms with van der Waals surface area (Å²) in [6.07, 6.45) is 4.67. The largest absolute Gasteiger partial charge is 0.369 e. The molecule has 1 fully saturated rings. The van der Waals surface area contributed by atoms with Crippen LogP contribution in [0.3, 0.4) is 0 Å². The highest BCUT2D eigenvalue weighted by molar-refractivity contribution is 5.77. The molecule has 0 saturated carbocycles. The van der Waals surface area contributed by atoms with Gasteiger partial charge in [-0.15, -0.1) is 0 Å². The molecule has 9 heteroatoms. The van der Waals surface area contributed by atoms with E-state index in [-0.39, 0.29) is 17.5 Å². The van der Waals surface area contributed by atoms with Crippen LogP contribution in [-0.2, 0) is 11.3 Å². The zero-order valence-electron chi connectivity index (χ0n) is 15.1. The van der Waals surface area contributed by atoms with E-state index >= 15 is 0 Å². The lowest BCUT2D eigenvalue weighted by atomic mass is 9.97. The highest BCUT2D eigenvalue weighted by Crippen LogP contribution is 2.25. The molecule has 0 bridgehead atoms. The minimum Gasteiger partial charge on any atom is -0.369 e. The van der Waals surface area contributed by atoms with Gasteiger partial charge in [-0.2, -0.15) is 0 Å². The summed E-state index contributed by atoms with van der Waals surface area (Å²) in [5, 5.41) is 14.1. The lowest BCUT2D eigenvalue weighted by Crippen LogP contribution is -2.42. The van der Waals surface area contributed by atoms with Crippen molar-refractivity contribution in [2.45, 2.75) is 26.3 Å². The molecule has 3 N–H and O–H groups in total. The maximum absolute atomic E-state index is 11.5. The van der Waals surface area contributed by atoms with Crippen molar-refractivity contribution in [1.82, 2.24) is 9.97 Å². The zero-order chi connectivity index (χ0) is 19.4. The molecule has 0 aromatic carbocycles. The van der Waals surface area contributed by atoms with Crippen molar-refractivity contribution in [1.29, 1.82) is 0 Å². The Morgan fingerprint density at radius 2 is 2.30 bits per heavy atom. The van der Waals surface area contributed by atoms with Crippen molar-refractivity contribution in [2.75, 3.05) is 23.3 Å². The molecule has 0 aliphatic carbocycles. The van der Waals surface area contributed by atoms with Crippen LogP contribution in [0.2, 0.25) is 0 Å². The fourth-order valence-corrected chi connectivity index (χ4v) is 3.28. The summed E-state index contributed by atoms with van der Waals surface area (Å²) < 4.78 is 0. The summed E-state index contributed by atoms with van der Waals surface area (Å²) in [6.45, 7) is 3.53. The molecule has 142 valence electrons. The Labute approximate surface area is 156 Å². The Kier molecular flexibility index (Phi) is 5.49. The first kappa shape index (κ1) is 18.6. The minimum atomic E-state index is -0.448. The summed E-state index contributed by atoms with van der Waals surface area (Å²) in [6, 6.07) is 5.46. The van der Waals surface area contributed by atoms with Gasteiger partial charge in [-0.3, -0.25) is 14.9 Å². The van der Waals surface area contributed by atoms with Gasteiger partial charge < -0.3 is 16.0 Å². The van der Waals surface area contributed by atoms with Crippen LogP contribution < -0.4 is 16.0 Å². The van der Waals surface area contributed by atoms with Crippen LogP contribution in [0.4, 0.5) is 17.3 Å². The summed E-state index contributed by atoms with van der Waals surface area (Å²) in [5.41, 5.74) is 6.97. The number of hydrogen-bond acceptors (Lipinski definition) is 7. The first-order valence-corrected chi connectivity index (χ1v) is 8.78. The number of pyridine rings is 2. The number of aromatic nitrogens is 2. The molecule has 3 rings (SSSR count). The SMILES string of the molecule is Cc1cc(NCc2cccnc2N2CCCC(C(N)=O)C2)ncc1[N+](=O)[O-]. The molecule has 27 heavy (non-hydrogen) atoms. The molecular weight excluding hydrogens is 348 g/mol. The third-order valence-corrected chi connectivity index (χ3v) is 4.73. The number of primary amides is 1. The minimum absolute atomic E-state index is 0.00609. The first-order chi connectivity index (χ1) is 13.0. The maximum Gasteiger partial charge on any atom is 0.290 e. The number of amides is 1. The van der Waals surface area contributed by atoms with Crippen molar-refractivity contribution in [3.63, 3.8) is 0 Å². The van der Waals surface area contributed by atoms with E-state index in [1.807, 2.05) is 12.1 Å². The van der Waals surface area contributed by atoms with Crippen LogP contribution >= 0.6 is 0 Å². The average Bonchev–Trinajstić information content (AvgIpc) is 2.66. The fraction of sp³-hybridized carbons (Fsp3) is 0.389. The number of nitrogens with two attached hydrogens (primary N) is 1. The van der Waals surface area contributed by atoms with E-state index in [9.17, 15) is 14.9 Å². The van der Waals surface area contributed by atoms with Gasteiger partial charge >= 0.3 is 0 Å². The van der Waals surface area contributed by atoms with Crippen LogP contribution in [0.5, 0.6) is 0 Å². The summed E-state index contributed by atoms with van der Waals surface area (Å²) in [4.78, 5) is 32.7. The lowest BCUT2D eigenvalue weighted by Gasteiger charge is -2.33. The van der Waals surface area contributed by atoms with Crippen LogP contribution in [0, 0.1) is 23.0 Å². The number of carbonyl (C=O) groups excluding carboxylic acids is 1. The number of piperidine rings is 1. The normalized spacial score (nSPS) is 16.8. The van der Waals surface area contributed by atoms with Crippen LogP contribution in [0.1, 0.15) is 24.0 Å². The molecule has 1 atom stereocenters. The lowest BCUT2D eigenvalue weighted by molar-refractivity contribution is -0.385. The molecule has 1 aliphatic rings. The number of aryl methyl sites for hydroxylation is 1. The van der Waals surface area contributed by atoms with E-state index < -0.39 is 4.92 Å². The average molecular weight is 370 g/mol.